The number of rotatable bonds is 6. The number of fused-ring (bicyclic) bond motifs is 1. The van der Waals surface area contributed by atoms with Crippen LogP contribution in [0, 0.1) is 0 Å². The van der Waals surface area contributed by atoms with Gasteiger partial charge in [0.15, 0.2) is 0 Å². The highest BCUT2D eigenvalue weighted by Gasteiger charge is 2.22. The maximum Gasteiger partial charge on any atom is 0.361 e. The zero-order chi connectivity index (χ0) is 19.3. The molecule has 1 aliphatic heterocycles. The lowest BCUT2D eigenvalue weighted by Gasteiger charge is -2.26. The molecule has 146 valence electrons. The van der Waals surface area contributed by atoms with Crippen molar-refractivity contribution in [3.8, 4) is 0 Å². The minimum absolute atomic E-state index is 0.0710. The highest BCUT2D eigenvalue weighted by Crippen LogP contribution is 2.27. The van der Waals surface area contributed by atoms with Crippen molar-refractivity contribution in [2.24, 2.45) is 0 Å². The Hall–Kier alpha value is -3.00. The fourth-order valence-electron chi connectivity index (χ4n) is 3.43. The number of hydrogen-bond acceptors (Lipinski definition) is 8. The molecular formula is C20H23N5O3. The number of hydrogen-bond donors (Lipinski definition) is 1. The second-order valence-corrected chi connectivity index (χ2v) is 6.81. The molecule has 1 N–H and O–H groups in total. The van der Waals surface area contributed by atoms with E-state index in [2.05, 4.69) is 37.5 Å². The van der Waals surface area contributed by atoms with E-state index in [4.69, 9.17) is 9.26 Å². The van der Waals surface area contributed by atoms with Gasteiger partial charge < -0.3 is 14.6 Å². The SMILES string of the molecule is CCOC(=O)c1noc2ncnc(Nc3ccc(CN4CCCCC4)cc3)c12. The molecule has 0 saturated carbocycles. The standard InChI is InChI=1S/C20H23N5O3/c1-2-27-20(26)17-16-18(21-13-22-19(16)28-24-17)23-15-8-6-14(7-9-15)12-25-10-4-3-5-11-25/h6-9,13H,2-5,10-12H2,1H3,(H,21,22,23). The number of benzene rings is 1. The lowest BCUT2D eigenvalue weighted by molar-refractivity contribution is 0.0517. The molecule has 0 unspecified atom stereocenters. The summed E-state index contributed by atoms with van der Waals surface area (Å²) in [7, 11) is 0. The molecule has 1 saturated heterocycles. The molecule has 3 heterocycles. The normalized spacial score (nSPS) is 14.9. The molecule has 8 nitrogen and oxygen atoms in total. The maximum absolute atomic E-state index is 12.1. The predicted molar refractivity (Wildman–Crippen MR) is 104 cm³/mol. The number of likely N-dealkylation sites (tertiary alicyclic amines) is 1. The fraction of sp³-hybridized carbons (Fsp3) is 0.400. The van der Waals surface area contributed by atoms with E-state index in [1.54, 1.807) is 6.92 Å². The van der Waals surface area contributed by atoms with Gasteiger partial charge in [-0.3, -0.25) is 4.90 Å². The number of carbonyl (C=O) groups excluding carboxylic acids is 1. The van der Waals surface area contributed by atoms with Crippen molar-refractivity contribution in [3.05, 3.63) is 41.9 Å². The lowest BCUT2D eigenvalue weighted by Crippen LogP contribution is -2.29. The number of ether oxygens (including phenoxy) is 1. The highest BCUT2D eigenvalue weighted by molar-refractivity contribution is 6.05. The molecular weight excluding hydrogens is 358 g/mol. The van der Waals surface area contributed by atoms with Crippen LogP contribution < -0.4 is 5.32 Å². The highest BCUT2D eigenvalue weighted by atomic mass is 16.5. The zero-order valence-corrected chi connectivity index (χ0v) is 15.9. The van der Waals surface area contributed by atoms with Gasteiger partial charge in [-0.1, -0.05) is 23.7 Å². The van der Waals surface area contributed by atoms with Crippen molar-refractivity contribution in [1.82, 2.24) is 20.0 Å². The van der Waals surface area contributed by atoms with Crippen LogP contribution in [0.25, 0.3) is 11.1 Å². The summed E-state index contributed by atoms with van der Waals surface area (Å²) in [6.45, 7) is 5.30. The van der Waals surface area contributed by atoms with Crippen molar-refractivity contribution in [3.63, 3.8) is 0 Å². The van der Waals surface area contributed by atoms with Crippen LogP contribution in [-0.4, -0.2) is 45.7 Å². The van der Waals surface area contributed by atoms with Crippen LogP contribution in [0.5, 0.6) is 0 Å². The van der Waals surface area contributed by atoms with Gasteiger partial charge in [0.25, 0.3) is 5.71 Å². The zero-order valence-electron chi connectivity index (χ0n) is 15.9. The summed E-state index contributed by atoms with van der Waals surface area (Å²) in [5.41, 5.74) is 2.44. The van der Waals surface area contributed by atoms with Crippen LogP contribution in [0.3, 0.4) is 0 Å². The second-order valence-electron chi connectivity index (χ2n) is 6.81. The van der Waals surface area contributed by atoms with E-state index < -0.39 is 5.97 Å². The van der Waals surface area contributed by atoms with E-state index in [1.807, 2.05) is 12.1 Å². The minimum atomic E-state index is -0.559. The van der Waals surface area contributed by atoms with Gasteiger partial charge in [0.1, 0.15) is 17.5 Å². The Kier molecular flexibility index (Phi) is 5.48. The number of piperidine rings is 1. The first-order valence-corrected chi connectivity index (χ1v) is 9.60. The van der Waals surface area contributed by atoms with Crippen molar-refractivity contribution in [1.29, 1.82) is 0 Å². The molecule has 4 rings (SSSR count). The second kappa shape index (κ2) is 8.35. The third-order valence-electron chi connectivity index (χ3n) is 4.81. The van der Waals surface area contributed by atoms with Crippen LogP contribution in [-0.2, 0) is 11.3 Å². The summed E-state index contributed by atoms with van der Waals surface area (Å²) < 4.78 is 10.2. The lowest BCUT2D eigenvalue weighted by atomic mass is 10.1. The summed E-state index contributed by atoms with van der Waals surface area (Å²) in [5.74, 6) is -0.103. The summed E-state index contributed by atoms with van der Waals surface area (Å²) >= 11 is 0. The van der Waals surface area contributed by atoms with Crippen LogP contribution >= 0.6 is 0 Å². The summed E-state index contributed by atoms with van der Waals surface area (Å²) in [6, 6.07) is 8.22. The Balaban J connectivity index is 1.53. The van der Waals surface area contributed by atoms with E-state index in [-0.39, 0.29) is 18.0 Å². The van der Waals surface area contributed by atoms with Gasteiger partial charge in [0.2, 0.25) is 5.69 Å². The van der Waals surface area contributed by atoms with Crippen LogP contribution in [0.2, 0.25) is 0 Å². The van der Waals surface area contributed by atoms with Crippen molar-refractivity contribution < 1.29 is 14.1 Å². The average Bonchev–Trinajstić information content (AvgIpc) is 3.16. The molecule has 0 atom stereocenters. The van der Waals surface area contributed by atoms with Crippen LogP contribution in [0.1, 0.15) is 42.2 Å². The predicted octanol–water partition coefficient (Wildman–Crippen LogP) is 3.52. The number of anilines is 2. The number of esters is 1. The van der Waals surface area contributed by atoms with Gasteiger partial charge in [0, 0.05) is 12.2 Å². The minimum Gasteiger partial charge on any atom is -0.461 e. The molecule has 0 amide bonds. The first-order valence-electron chi connectivity index (χ1n) is 9.60. The Morgan fingerprint density at radius 1 is 1.18 bits per heavy atom. The molecule has 0 radical (unpaired) electrons. The van der Waals surface area contributed by atoms with Gasteiger partial charge in [-0.2, -0.15) is 4.98 Å². The largest absolute Gasteiger partial charge is 0.461 e. The molecule has 8 heteroatoms. The molecule has 0 aliphatic carbocycles. The van der Waals surface area contributed by atoms with E-state index in [0.29, 0.717) is 11.2 Å². The van der Waals surface area contributed by atoms with E-state index in [1.165, 1.54) is 44.2 Å². The van der Waals surface area contributed by atoms with Gasteiger partial charge in [-0.15, -0.1) is 0 Å². The molecule has 28 heavy (non-hydrogen) atoms. The summed E-state index contributed by atoms with van der Waals surface area (Å²) in [5, 5.41) is 7.44. The number of nitrogens with one attached hydrogen (secondary N) is 1. The smallest absolute Gasteiger partial charge is 0.361 e. The van der Waals surface area contributed by atoms with E-state index in [9.17, 15) is 4.79 Å². The Morgan fingerprint density at radius 2 is 1.96 bits per heavy atom. The summed E-state index contributed by atoms with van der Waals surface area (Å²) in [6.07, 6.45) is 5.27. The van der Waals surface area contributed by atoms with Crippen LogP contribution in [0.15, 0.2) is 35.1 Å². The van der Waals surface area contributed by atoms with E-state index >= 15 is 0 Å². The van der Waals surface area contributed by atoms with Gasteiger partial charge in [-0.05, 0) is 50.6 Å². The molecule has 1 aliphatic rings. The Labute approximate surface area is 162 Å². The first kappa shape index (κ1) is 18.4. The average molecular weight is 381 g/mol. The molecule has 3 aromatic rings. The fourth-order valence-corrected chi connectivity index (χ4v) is 3.43. The van der Waals surface area contributed by atoms with Crippen molar-refractivity contribution >= 4 is 28.6 Å². The topological polar surface area (TPSA) is 93.4 Å². The molecule has 1 aromatic carbocycles. The molecule has 2 aromatic heterocycles. The monoisotopic (exact) mass is 381 g/mol. The first-order chi connectivity index (χ1) is 13.7. The van der Waals surface area contributed by atoms with Gasteiger partial charge in [-0.25, -0.2) is 9.78 Å². The van der Waals surface area contributed by atoms with Crippen LogP contribution in [0.4, 0.5) is 11.5 Å². The summed E-state index contributed by atoms with van der Waals surface area (Å²) in [4.78, 5) is 22.9. The third-order valence-corrected chi connectivity index (χ3v) is 4.81. The number of nitrogens with zero attached hydrogens (tertiary/aromatic N) is 4. The maximum atomic E-state index is 12.1. The quantitative estimate of drug-likeness (QED) is 0.648. The van der Waals surface area contributed by atoms with E-state index in [0.717, 1.165) is 12.2 Å². The van der Waals surface area contributed by atoms with Gasteiger partial charge >= 0.3 is 5.97 Å². The number of aromatic nitrogens is 3. The molecule has 0 bridgehead atoms. The number of carbonyl (C=O) groups is 1. The molecule has 0 spiro atoms. The Bertz CT molecular complexity index is 948. The van der Waals surface area contributed by atoms with Crippen molar-refractivity contribution in [2.45, 2.75) is 32.7 Å². The third kappa shape index (κ3) is 3.96. The van der Waals surface area contributed by atoms with Crippen molar-refractivity contribution in [2.75, 3.05) is 25.0 Å². The van der Waals surface area contributed by atoms with Gasteiger partial charge in [0.05, 0.1) is 6.61 Å². The molecule has 1 fully saturated rings. The Morgan fingerprint density at radius 3 is 2.71 bits per heavy atom.